The van der Waals surface area contributed by atoms with E-state index >= 15 is 0 Å². The van der Waals surface area contributed by atoms with Crippen LogP contribution in [0.1, 0.15) is 50.3 Å². The van der Waals surface area contributed by atoms with Crippen LogP contribution in [0.5, 0.6) is 0 Å². The van der Waals surface area contributed by atoms with Gasteiger partial charge in [-0.2, -0.15) is 0 Å². The molecule has 0 saturated carbocycles. The van der Waals surface area contributed by atoms with Gasteiger partial charge in [-0.05, 0) is 70.1 Å². The number of benzene rings is 1. The number of hydrogen-bond donors (Lipinski definition) is 1. The van der Waals surface area contributed by atoms with Gasteiger partial charge in [0.05, 0.1) is 11.0 Å². The summed E-state index contributed by atoms with van der Waals surface area (Å²) in [5, 5.41) is 0. The minimum absolute atomic E-state index is 0.203. The smallest absolute Gasteiger partial charge is 0.125 e. The van der Waals surface area contributed by atoms with Crippen LogP contribution in [-0.2, 0) is 0 Å². The molecular weight excluding hydrogens is 315 g/mol. The van der Waals surface area contributed by atoms with Crippen molar-refractivity contribution >= 4 is 11.0 Å². The topological polar surface area (TPSA) is 35.2 Å². The summed E-state index contributed by atoms with van der Waals surface area (Å²) in [4.78, 5) is 13.3. The highest BCUT2D eigenvalue weighted by atomic mass is 19.1. The fourth-order valence-corrected chi connectivity index (χ4v) is 4.27. The zero-order valence-corrected chi connectivity index (χ0v) is 15.0. The molecule has 136 valence electrons. The molecule has 2 fully saturated rings. The van der Waals surface area contributed by atoms with Gasteiger partial charge in [0.2, 0.25) is 0 Å². The van der Waals surface area contributed by atoms with Crippen molar-refractivity contribution in [3.63, 3.8) is 0 Å². The molecular formula is C20H29FN4. The maximum Gasteiger partial charge on any atom is 0.125 e. The molecule has 2 aliphatic heterocycles. The van der Waals surface area contributed by atoms with Crippen LogP contribution < -0.4 is 0 Å². The molecule has 0 aliphatic carbocycles. The summed E-state index contributed by atoms with van der Waals surface area (Å²) >= 11 is 0. The zero-order valence-electron chi connectivity index (χ0n) is 15.0. The molecule has 0 radical (unpaired) electrons. The Morgan fingerprint density at radius 2 is 1.64 bits per heavy atom. The van der Waals surface area contributed by atoms with Gasteiger partial charge in [0.25, 0.3) is 0 Å². The highest BCUT2D eigenvalue weighted by Gasteiger charge is 2.23. The highest BCUT2D eigenvalue weighted by molar-refractivity contribution is 5.75. The van der Waals surface area contributed by atoms with Gasteiger partial charge in [0.15, 0.2) is 0 Å². The van der Waals surface area contributed by atoms with Gasteiger partial charge < -0.3 is 14.8 Å². The normalized spacial score (nSPS) is 21.6. The lowest BCUT2D eigenvalue weighted by molar-refractivity contribution is 0.173. The van der Waals surface area contributed by atoms with Crippen molar-refractivity contribution in [2.75, 3.05) is 39.3 Å². The molecule has 25 heavy (non-hydrogen) atoms. The van der Waals surface area contributed by atoms with E-state index in [9.17, 15) is 4.39 Å². The Morgan fingerprint density at radius 3 is 2.36 bits per heavy atom. The van der Waals surface area contributed by atoms with Gasteiger partial charge >= 0.3 is 0 Å². The molecule has 0 atom stereocenters. The highest BCUT2D eigenvalue weighted by Crippen LogP contribution is 2.27. The van der Waals surface area contributed by atoms with Crippen LogP contribution in [0.2, 0.25) is 0 Å². The predicted octanol–water partition coefficient (Wildman–Crippen LogP) is 3.76. The van der Waals surface area contributed by atoms with Gasteiger partial charge in [0, 0.05) is 19.0 Å². The monoisotopic (exact) mass is 344 g/mol. The first kappa shape index (κ1) is 17.0. The fourth-order valence-electron chi connectivity index (χ4n) is 4.27. The summed E-state index contributed by atoms with van der Waals surface area (Å²) in [6.45, 7) is 7.26. The fraction of sp³-hybridized carbons (Fsp3) is 0.650. The van der Waals surface area contributed by atoms with Gasteiger partial charge in [0.1, 0.15) is 11.6 Å². The number of imidazole rings is 1. The predicted molar refractivity (Wildman–Crippen MR) is 99.4 cm³/mol. The molecule has 2 aliphatic rings. The lowest BCUT2D eigenvalue weighted by atomic mass is 9.96. The van der Waals surface area contributed by atoms with Crippen molar-refractivity contribution < 1.29 is 4.39 Å². The maximum atomic E-state index is 13.3. The summed E-state index contributed by atoms with van der Waals surface area (Å²) in [5.41, 5.74) is 1.69. The van der Waals surface area contributed by atoms with E-state index in [0.717, 1.165) is 42.8 Å². The second-order valence-electron chi connectivity index (χ2n) is 7.66. The lowest BCUT2D eigenvalue weighted by Gasteiger charge is -2.32. The number of fused-ring (bicyclic) bond motifs is 1. The van der Waals surface area contributed by atoms with E-state index < -0.39 is 0 Å². The molecule has 5 heteroatoms. The zero-order chi connectivity index (χ0) is 17.1. The largest absolute Gasteiger partial charge is 0.342 e. The van der Waals surface area contributed by atoms with E-state index in [-0.39, 0.29) is 5.82 Å². The number of H-pyrrole nitrogens is 1. The second kappa shape index (κ2) is 7.83. The third kappa shape index (κ3) is 4.21. The van der Waals surface area contributed by atoms with Crippen LogP contribution >= 0.6 is 0 Å². The molecule has 1 aromatic carbocycles. The van der Waals surface area contributed by atoms with E-state index in [2.05, 4.69) is 19.8 Å². The van der Waals surface area contributed by atoms with Crippen molar-refractivity contribution in [2.45, 2.75) is 44.4 Å². The lowest BCUT2D eigenvalue weighted by Crippen LogP contribution is -2.39. The number of piperidine rings is 1. The Kier molecular flexibility index (Phi) is 5.32. The third-order valence-corrected chi connectivity index (χ3v) is 5.87. The van der Waals surface area contributed by atoms with Crippen molar-refractivity contribution in [2.24, 2.45) is 0 Å². The minimum Gasteiger partial charge on any atom is -0.342 e. The van der Waals surface area contributed by atoms with Gasteiger partial charge in [-0.3, -0.25) is 0 Å². The van der Waals surface area contributed by atoms with Gasteiger partial charge in [-0.1, -0.05) is 12.8 Å². The van der Waals surface area contributed by atoms with E-state index in [1.54, 1.807) is 12.1 Å². The Labute approximate surface area is 149 Å². The van der Waals surface area contributed by atoms with E-state index in [4.69, 9.17) is 0 Å². The number of halogens is 1. The standard InChI is InChI=1S/C20H29FN4/c21-17-5-6-18-19(15-17)23-20(22-18)16-7-11-25(12-8-16)14-13-24-9-3-1-2-4-10-24/h5-6,15-16H,1-4,7-14H2,(H,22,23). The van der Waals surface area contributed by atoms with Crippen molar-refractivity contribution in [1.29, 1.82) is 0 Å². The number of likely N-dealkylation sites (tertiary alicyclic amines) is 2. The van der Waals surface area contributed by atoms with E-state index in [1.165, 1.54) is 57.9 Å². The average molecular weight is 344 g/mol. The Balaban J connectivity index is 1.28. The first-order valence-corrected chi connectivity index (χ1v) is 9.88. The molecule has 0 spiro atoms. The average Bonchev–Trinajstić information content (AvgIpc) is 2.87. The quantitative estimate of drug-likeness (QED) is 0.917. The van der Waals surface area contributed by atoms with Gasteiger partial charge in [-0.25, -0.2) is 9.37 Å². The Hall–Kier alpha value is -1.46. The van der Waals surface area contributed by atoms with Crippen LogP contribution in [0.4, 0.5) is 4.39 Å². The summed E-state index contributed by atoms with van der Waals surface area (Å²) in [6, 6.07) is 4.79. The van der Waals surface area contributed by atoms with Crippen molar-refractivity contribution in [3.05, 3.63) is 29.8 Å². The van der Waals surface area contributed by atoms with E-state index in [1.807, 2.05) is 0 Å². The second-order valence-corrected chi connectivity index (χ2v) is 7.66. The van der Waals surface area contributed by atoms with Crippen molar-refractivity contribution in [3.8, 4) is 0 Å². The summed E-state index contributed by atoms with van der Waals surface area (Å²) in [5.74, 6) is 1.31. The molecule has 1 aromatic heterocycles. The number of rotatable bonds is 4. The SMILES string of the molecule is Fc1ccc2nc(C3CCN(CCN4CCCCCC4)CC3)[nH]c2c1. The summed E-state index contributed by atoms with van der Waals surface area (Å²) in [6.07, 6.45) is 7.83. The van der Waals surface area contributed by atoms with Crippen LogP contribution in [-0.4, -0.2) is 59.0 Å². The Morgan fingerprint density at radius 1 is 0.960 bits per heavy atom. The first-order valence-electron chi connectivity index (χ1n) is 9.88. The van der Waals surface area contributed by atoms with E-state index in [0.29, 0.717) is 5.92 Å². The molecule has 2 aromatic rings. The van der Waals surface area contributed by atoms with Gasteiger partial charge in [-0.15, -0.1) is 0 Å². The number of aromatic nitrogens is 2. The van der Waals surface area contributed by atoms with Crippen molar-refractivity contribution in [1.82, 2.24) is 19.8 Å². The first-order chi connectivity index (χ1) is 12.3. The van der Waals surface area contributed by atoms with Crippen LogP contribution in [0.3, 0.4) is 0 Å². The number of nitrogens with zero attached hydrogens (tertiary/aromatic N) is 3. The summed E-state index contributed by atoms with van der Waals surface area (Å²) < 4.78 is 13.3. The number of nitrogens with one attached hydrogen (secondary N) is 1. The minimum atomic E-state index is -0.203. The third-order valence-electron chi connectivity index (χ3n) is 5.87. The summed E-state index contributed by atoms with van der Waals surface area (Å²) in [7, 11) is 0. The number of hydrogen-bond acceptors (Lipinski definition) is 3. The van der Waals surface area contributed by atoms with Crippen LogP contribution in [0.15, 0.2) is 18.2 Å². The molecule has 2 saturated heterocycles. The molecule has 0 bridgehead atoms. The maximum absolute atomic E-state index is 13.3. The molecule has 3 heterocycles. The molecule has 0 unspecified atom stereocenters. The van der Waals surface area contributed by atoms with Crippen LogP contribution in [0, 0.1) is 5.82 Å². The molecule has 1 N–H and O–H groups in total. The molecule has 4 rings (SSSR count). The molecule has 4 nitrogen and oxygen atoms in total. The van der Waals surface area contributed by atoms with Crippen LogP contribution in [0.25, 0.3) is 11.0 Å². The number of aromatic amines is 1. The molecule has 0 amide bonds. The Bertz CT molecular complexity index is 682.